The Morgan fingerprint density at radius 1 is 1.00 bits per heavy atom. The van der Waals surface area contributed by atoms with Crippen molar-refractivity contribution in [2.45, 2.75) is 33.2 Å². The van der Waals surface area contributed by atoms with Crippen molar-refractivity contribution in [3.63, 3.8) is 0 Å². The van der Waals surface area contributed by atoms with Gasteiger partial charge in [0.25, 0.3) is 5.91 Å². The summed E-state index contributed by atoms with van der Waals surface area (Å²) >= 11 is 0. The zero-order chi connectivity index (χ0) is 21.8. The molecule has 0 bridgehead atoms. The van der Waals surface area contributed by atoms with E-state index in [1.807, 2.05) is 85.5 Å². The highest BCUT2D eigenvalue weighted by atomic mass is 16.5. The van der Waals surface area contributed by atoms with Crippen LogP contribution in [-0.4, -0.2) is 18.4 Å². The molecule has 1 N–H and O–H groups in total. The first-order chi connectivity index (χ1) is 15.0. The molecule has 0 spiro atoms. The van der Waals surface area contributed by atoms with Crippen molar-refractivity contribution in [2.24, 2.45) is 0 Å². The fraction of sp³-hybridized carbons (Fsp3) is 0.231. The van der Waals surface area contributed by atoms with Crippen LogP contribution in [0.15, 0.2) is 66.7 Å². The number of carbonyl (C=O) groups excluding carboxylic acids is 2. The Labute approximate surface area is 182 Å². The van der Waals surface area contributed by atoms with E-state index in [0.29, 0.717) is 25.1 Å². The number of ether oxygens (including phenoxy) is 1. The van der Waals surface area contributed by atoms with Crippen LogP contribution >= 0.6 is 0 Å². The van der Waals surface area contributed by atoms with Gasteiger partial charge in [0.15, 0.2) is 6.61 Å². The minimum atomic E-state index is -0.214. The molecule has 0 saturated heterocycles. The van der Waals surface area contributed by atoms with Gasteiger partial charge in [0.05, 0.1) is 6.54 Å². The third kappa shape index (κ3) is 4.77. The molecule has 0 aromatic heterocycles. The molecule has 0 unspecified atom stereocenters. The number of benzene rings is 3. The first kappa shape index (κ1) is 20.7. The molecule has 1 heterocycles. The monoisotopic (exact) mass is 414 g/mol. The molecule has 5 heteroatoms. The fourth-order valence-electron chi connectivity index (χ4n) is 3.80. The van der Waals surface area contributed by atoms with E-state index in [2.05, 4.69) is 5.32 Å². The Hall–Kier alpha value is -3.60. The molecular weight excluding hydrogens is 388 g/mol. The highest BCUT2D eigenvalue weighted by molar-refractivity contribution is 5.97. The van der Waals surface area contributed by atoms with Crippen LogP contribution in [0.4, 0.5) is 11.4 Å². The van der Waals surface area contributed by atoms with E-state index in [9.17, 15) is 9.59 Å². The minimum absolute atomic E-state index is 0.0556. The number of amides is 2. The average Bonchev–Trinajstić information content (AvgIpc) is 2.77. The molecule has 0 radical (unpaired) electrons. The lowest BCUT2D eigenvalue weighted by Crippen LogP contribution is -2.34. The van der Waals surface area contributed by atoms with Gasteiger partial charge in [-0.3, -0.25) is 9.59 Å². The molecule has 1 aliphatic rings. The first-order valence-corrected chi connectivity index (χ1v) is 10.5. The highest BCUT2D eigenvalue weighted by Crippen LogP contribution is 2.31. The molecule has 3 aromatic rings. The van der Waals surface area contributed by atoms with Crippen LogP contribution in [0.3, 0.4) is 0 Å². The molecule has 0 aliphatic carbocycles. The Bertz CT molecular complexity index is 1110. The third-order valence-corrected chi connectivity index (χ3v) is 5.66. The zero-order valence-electron chi connectivity index (χ0n) is 17.9. The number of anilines is 2. The number of aryl methyl sites for hydroxylation is 2. The number of nitrogens with zero attached hydrogens (tertiary/aromatic N) is 1. The van der Waals surface area contributed by atoms with Crippen LogP contribution in [0.2, 0.25) is 0 Å². The van der Waals surface area contributed by atoms with Gasteiger partial charge in [-0.25, -0.2) is 0 Å². The molecule has 0 saturated carbocycles. The number of fused-ring (bicyclic) bond motifs is 1. The normalized spacial score (nSPS) is 13.0. The summed E-state index contributed by atoms with van der Waals surface area (Å²) in [6, 6.07) is 21.5. The van der Waals surface area contributed by atoms with Crippen LogP contribution in [0.25, 0.3) is 0 Å². The van der Waals surface area contributed by atoms with E-state index in [1.54, 1.807) is 0 Å². The van der Waals surface area contributed by atoms with Crippen molar-refractivity contribution in [3.8, 4) is 5.75 Å². The standard InChI is InChI=1S/C26H26N2O3/c1-18-7-6-10-24(19(18)2)31-17-25(29)27-22-12-13-23-21(15-22)11-14-26(30)28(23)16-20-8-4-3-5-9-20/h3-10,12-13,15H,11,14,16-17H2,1-2H3,(H,27,29). The van der Waals surface area contributed by atoms with Crippen molar-refractivity contribution >= 4 is 23.2 Å². The second-order valence-electron chi connectivity index (χ2n) is 7.84. The van der Waals surface area contributed by atoms with Crippen molar-refractivity contribution in [2.75, 3.05) is 16.8 Å². The van der Waals surface area contributed by atoms with Crippen molar-refractivity contribution in [1.29, 1.82) is 0 Å². The average molecular weight is 415 g/mol. The maximum absolute atomic E-state index is 12.5. The molecule has 1 aliphatic heterocycles. The van der Waals surface area contributed by atoms with Crippen LogP contribution in [0.5, 0.6) is 5.75 Å². The number of nitrogens with one attached hydrogen (secondary N) is 1. The summed E-state index contributed by atoms with van der Waals surface area (Å²) in [5.41, 5.74) is 5.93. The van der Waals surface area contributed by atoms with Gasteiger partial charge in [-0.15, -0.1) is 0 Å². The fourth-order valence-corrected chi connectivity index (χ4v) is 3.80. The maximum atomic E-state index is 12.5. The number of rotatable bonds is 6. The van der Waals surface area contributed by atoms with E-state index in [1.165, 1.54) is 0 Å². The van der Waals surface area contributed by atoms with E-state index in [4.69, 9.17) is 4.74 Å². The number of hydrogen-bond acceptors (Lipinski definition) is 3. The van der Waals surface area contributed by atoms with Crippen LogP contribution in [0, 0.1) is 13.8 Å². The minimum Gasteiger partial charge on any atom is -0.483 e. The van der Waals surface area contributed by atoms with Gasteiger partial charge in [0.2, 0.25) is 5.91 Å². The van der Waals surface area contributed by atoms with Gasteiger partial charge in [-0.05, 0) is 66.8 Å². The molecule has 31 heavy (non-hydrogen) atoms. The van der Waals surface area contributed by atoms with Crippen molar-refractivity contribution in [3.05, 3.63) is 89.0 Å². The van der Waals surface area contributed by atoms with E-state index in [0.717, 1.165) is 33.7 Å². The largest absolute Gasteiger partial charge is 0.483 e. The van der Waals surface area contributed by atoms with Crippen LogP contribution in [0.1, 0.15) is 28.7 Å². The maximum Gasteiger partial charge on any atom is 0.262 e. The summed E-state index contributed by atoms with van der Waals surface area (Å²) in [7, 11) is 0. The number of carbonyl (C=O) groups is 2. The Morgan fingerprint density at radius 3 is 2.61 bits per heavy atom. The Kier molecular flexibility index (Phi) is 6.03. The Morgan fingerprint density at radius 2 is 1.81 bits per heavy atom. The molecule has 3 aromatic carbocycles. The molecule has 0 atom stereocenters. The van der Waals surface area contributed by atoms with E-state index in [-0.39, 0.29) is 18.4 Å². The lowest BCUT2D eigenvalue weighted by atomic mass is 9.99. The smallest absolute Gasteiger partial charge is 0.262 e. The SMILES string of the molecule is Cc1cccc(OCC(=O)Nc2ccc3c(c2)CCC(=O)N3Cc2ccccc2)c1C. The van der Waals surface area contributed by atoms with Crippen molar-refractivity contribution in [1.82, 2.24) is 0 Å². The second kappa shape index (κ2) is 9.04. The first-order valence-electron chi connectivity index (χ1n) is 10.5. The summed E-state index contributed by atoms with van der Waals surface area (Å²) in [6.45, 7) is 4.48. The zero-order valence-corrected chi connectivity index (χ0v) is 17.9. The predicted molar refractivity (Wildman–Crippen MR) is 122 cm³/mol. The van der Waals surface area contributed by atoms with E-state index < -0.39 is 0 Å². The number of hydrogen-bond donors (Lipinski definition) is 1. The van der Waals surface area contributed by atoms with Gasteiger partial charge in [0, 0.05) is 17.8 Å². The van der Waals surface area contributed by atoms with Crippen LogP contribution < -0.4 is 15.0 Å². The highest BCUT2D eigenvalue weighted by Gasteiger charge is 2.24. The summed E-state index contributed by atoms with van der Waals surface area (Å²) in [6.07, 6.45) is 1.13. The summed E-state index contributed by atoms with van der Waals surface area (Å²) in [5.74, 6) is 0.625. The Balaban J connectivity index is 1.43. The molecule has 4 rings (SSSR count). The summed E-state index contributed by atoms with van der Waals surface area (Å²) in [4.78, 5) is 26.8. The van der Waals surface area contributed by atoms with Crippen molar-refractivity contribution < 1.29 is 14.3 Å². The van der Waals surface area contributed by atoms with Gasteiger partial charge >= 0.3 is 0 Å². The predicted octanol–water partition coefficient (Wildman–Crippen LogP) is 4.80. The molecular formula is C26H26N2O3. The molecule has 0 fully saturated rings. The quantitative estimate of drug-likeness (QED) is 0.630. The van der Waals surface area contributed by atoms with E-state index >= 15 is 0 Å². The lowest BCUT2D eigenvalue weighted by molar-refractivity contribution is -0.119. The summed E-state index contributed by atoms with van der Waals surface area (Å²) in [5, 5.41) is 2.90. The molecule has 158 valence electrons. The molecule has 5 nitrogen and oxygen atoms in total. The topological polar surface area (TPSA) is 58.6 Å². The lowest BCUT2D eigenvalue weighted by Gasteiger charge is -2.30. The van der Waals surface area contributed by atoms with Crippen LogP contribution in [-0.2, 0) is 22.6 Å². The third-order valence-electron chi connectivity index (χ3n) is 5.66. The summed E-state index contributed by atoms with van der Waals surface area (Å²) < 4.78 is 5.70. The van der Waals surface area contributed by atoms with Gasteiger partial charge in [-0.2, -0.15) is 0 Å². The van der Waals surface area contributed by atoms with Gasteiger partial charge < -0.3 is 15.0 Å². The second-order valence-corrected chi connectivity index (χ2v) is 7.84. The van der Waals surface area contributed by atoms with Gasteiger partial charge in [-0.1, -0.05) is 42.5 Å². The van der Waals surface area contributed by atoms with Gasteiger partial charge in [0.1, 0.15) is 5.75 Å². The molecule has 2 amide bonds.